The van der Waals surface area contributed by atoms with Gasteiger partial charge in [0, 0.05) is 70.9 Å². The van der Waals surface area contributed by atoms with Crippen LogP contribution >= 0.6 is 0 Å². The first-order valence-electron chi connectivity index (χ1n) is 24.5. The largest absolute Gasteiger partial charge is 0.310 e. The van der Waals surface area contributed by atoms with Gasteiger partial charge in [0.15, 0.2) is 0 Å². The number of para-hydroxylation sites is 4. The number of rotatable bonds is 8. The highest BCUT2D eigenvalue weighted by atomic mass is 15.2. The molecule has 13 rings (SSSR count). The van der Waals surface area contributed by atoms with Crippen molar-refractivity contribution in [3.63, 3.8) is 0 Å². The van der Waals surface area contributed by atoms with E-state index in [1.807, 2.05) is 0 Å². The van der Waals surface area contributed by atoms with E-state index >= 15 is 0 Å². The minimum Gasteiger partial charge on any atom is -0.310 e. The van der Waals surface area contributed by atoms with Crippen LogP contribution in [0.4, 0.5) is 68.2 Å². The molecule has 0 radical (unpaired) electrons. The fraction of sp³-hybridized carbons (Fsp3) is 0.156. The molecule has 9 aromatic rings. The maximum atomic E-state index is 2.62. The molecular formula is C64H54N4. The van der Waals surface area contributed by atoms with E-state index < -0.39 is 0 Å². The zero-order valence-electron chi connectivity index (χ0n) is 39.2. The maximum Gasteiger partial charge on any atom is 0.0553 e. The first kappa shape index (κ1) is 40.5. The van der Waals surface area contributed by atoms with Crippen LogP contribution in [0.15, 0.2) is 194 Å². The van der Waals surface area contributed by atoms with E-state index in [0.717, 1.165) is 37.1 Å². The lowest BCUT2D eigenvalue weighted by atomic mass is 9.81. The van der Waals surface area contributed by atoms with Crippen molar-refractivity contribution < 1.29 is 0 Å². The molecule has 0 bridgehead atoms. The molecule has 0 spiro atoms. The Morgan fingerprint density at radius 1 is 0.324 bits per heavy atom. The zero-order chi connectivity index (χ0) is 45.6. The molecule has 0 amide bonds. The normalized spacial score (nSPS) is 13.6. The highest BCUT2D eigenvalue weighted by Crippen LogP contribution is 2.59. The van der Waals surface area contributed by atoms with Gasteiger partial charge in [-0.1, -0.05) is 137 Å². The summed E-state index contributed by atoms with van der Waals surface area (Å²) in [5.74, 6) is 0.936. The fourth-order valence-corrected chi connectivity index (χ4v) is 11.6. The van der Waals surface area contributed by atoms with Crippen molar-refractivity contribution in [2.45, 2.75) is 65.2 Å². The van der Waals surface area contributed by atoms with E-state index in [2.05, 4.69) is 241 Å². The zero-order valence-corrected chi connectivity index (χ0v) is 39.2. The molecule has 330 valence electrons. The molecule has 0 atom stereocenters. The van der Waals surface area contributed by atoms with E-state index in [1.54, 1.807) is 0 Å². The quantitative estimate of drug-likeness (QED) is 0.151. The van der Waals surface area contributed by atoms with Crippen LogP contribution in [0.25, 0.3) is 0 Å². The van der Waals surface area contributed by atoms with E-state index in [9.17, 15) is 0 Å². The van der Waals surface area contributed by atoms with Gasteiger partial charge in [0.2, 0.25) is 0 Å². The third kappa shape index (κ3) is 6.42. The smallest absolute Gasteiger partial charge is 0.0553 e. The highest BCUT2D eigenvalue weighted by Gasteiger charge is 2.39. The standard InChI is InChI=1S/C64H54N4/c1-41(2)43-23-29-53(30-24-43)65(51-17-7-5-8-18-51)59-33-27-47-35-49-40-62-50(39-61(49)67-57-21-13-11-15-45(57)37-55(59)63(47)67)36-48-28-34-60(56-38-46-16-12-14-22-58(46)68(62)64(48)56)66(52-19-9-6-10-20-52)54-31-25-44(26-32-54)42(3)4/h5-34,39-42H,35-38H2,1-4H3. The Kier molecular flexibility index (Phi) is 9.47. The molecule has 4 nitrogen and oxygen atoms in total. The number of hydrogen-bond acceptors (Lipinski definition) is 4. The molecule has 4 heteroatoms. The summed E-state index contributed by atoms with van der Waals surface area (Å²) in [6.07, 6.45) is 3.46. The molecule has 9 aromatic carbocycles. The van der Waals surface area contributed by atoms with Gasteiger partial charge in [0.1, 0.15) is 0 Å². The second-order valence-electron chi connectivity index (χ2n) is 19.7. The topological polar surface area (TPSA) is 13.0 Å². The molecule has 0 aromatic heterocycles. The summed E-state index contributed by atoms with van der Waals surface area (Å²) in [5.41, 5.74) is 28.5. The summed E-state index contributed by atoms with van der Waals surface area (Å²) in [5, 5.41) is 0. The van der Waals surface area contributed by atoms with E-state index in [4.69, 9.17) is 0 Å². The van der Waals surface area contributed by atoms with Crippen LogP contribution in [0.5, 0.6) is 0 Å². The second kappa shape index (κ2) is 15.9. The van der Waals surface area contributed by atoms with Crippen molar-refractivity contribution in [2.24, 2.45) is 0 Å². The Morgan fingerprint density at radius 2 is 0.691 bits per heavy atom. The summed E-state index contributed by atoms with van der Waals surface area (Å²) >= 11 is 0. The van der Waals surface area contributed by atoms with Gasteiger partial charge in [-0.2, -0.15) is 0 Å². The van der Waals surface area contributed by atoms with Gasteiger partial charge in [0.05, 0.1) is 34.1 Å². The van der Waals surface area contributed by atoms with Crippen molar-refractivity contribution in [3.8, 4) is 0 Å². The third-order valence-corrected chi connectivity index (χ3v) is 15.0. The Morgan fingerprint density at radius 3 is 1.09 bits per heavy atom. The number of anilines is 12. The average molecular weight is 879 g/mol. The van der Waals surface area contributed by atoms with Crippen LogP contribution in [0.1, 0.15) is 95.2 Å². The van der Waals surface area contributed by atoms with Crippen molar-refractivity contribution in [1.82, 2.24) is 0 Å². The van der Waals surface area contributed by atoms with Crippen LogP contribution in [0, 0.1) is 0 Å². The van der Waals surface area contributed by atoms with Crippen LogP contribution < -0.4 is 19.6 Å². The van der Waals surface area contributed by atoms with Crippen LogP contribution in [0.3, 0.4) is 0 Å². The van der Waals surface area contributed by atoms with Crippen molar-refractivity contribution >= 4 is 68.2 Å². The highest BCUT2D eigenvalue weighted by molar-refractivity contribution is 5.98. The van der Waals surface area contributed by atoms with Gasteiger partial charge >= 0.3 is 0 Å². The molecule has 4 aliphatic heterocycles. The molecule has 4 aliphatic rings. The van der Waals surface area contributed by atoms with Crippen LogP contribution in [-0.4, -0.2) is 0 Å². The van der Waals surface area contributed by atoms with E-state index in [0.29, 0.717) is 11.8 Å². The molecule has 0 fully saturated rings. The van der Waals surface area contributed by atoms with Gasteiger partial charge in [-0.3, -0.25) is 0 Å². The first-order valence-corrected chi connectivity index (χ1v) is 24.5. The lowest BCUT2D eigenvalue weighted by molar-refractivity contribution is 0.866. The lowest BCUT2D eigenvalue weighted by Crippen LogP contribution is -2.29. The monoisotopic (exact) mass is 878 g/mol. The first-order chi connectivity index (χ1) is 33.4. The SMILES string of the molecule is CC(C)c1ccc(N(c2ccccc2)c2ccc3c4c2Cc2ccccc2N4c2cc4c(cc2C3)N2c3ccccc3Cc3c(N(c5ccccc5)c5ccc(C(C)C)cc5)ccc(c32)C4)cc1. The number of nitrogens with zero attached hydrogens (tertiary/aromatic N) is 4. The summed E-state index contributed by atoms with van der Waals surface area (Å²) in [6, 6.07) is 73.1. The predicted molar refractivity (Wildman–Crippen MR) is 285 cm³/mol. The maximum absolute atomic E-state index is 2.62. The van der Waals surface area contributed by atoms with Gasteiger partial charge in [-0.05, 0) is 141 Å². The Balaban J connectivity index is 0.974. The Labute approximate surface area is 401 Å². The second-order valence-corrected chi connectivity index (χ2v) is 19.7. The van der Waals surface area contributed by atoms with Crippen LogP contribution in [-0.2, 0) is 25.7 Å². The number of hydrogen-bond donors (Lipinski definition) is 0. The molecule has 4 heterocycles. The van der Waals surface area contributed by atoms with E-state index in [1.165, 1.54) is 113 Å². The molecule has 0 saturated heterocycles. The predicted octanol–water partition coefficient (Wildman–Crippen LogP) is 17.4. The minimum atomic E-state index is 0.468. The summed E-state index contributed by atoms with van der Waals surface area (Å²) < 4.78 is 0. The summed E-state index contributed by atoms with van der Waals surface area (Å²) in [7, 11) is 0. The average Bonchev–Trinajstić information content (AvgIpc) is 3.38. The molecule has 68 heavy (non-hydrogen) atoms. The lowest BCUT2D eigenvalue weighted by Gasteiger charge is -2.44. The van der Waals surface area contributed by atoms with Gasteiger partial charge in [0.25, 0.3) is 0 Å². The molecule has 0 N–H and O–H groups in total. The van der Waals surface area contributed by atoms with Crippen molar-refractivity contribution in [2.75, 3.05) is 19.6 Å². The fourth-order valence-electron chi connectivity index (χ4n) is 11.6. The Bertz CT molecular complexity index is 3180. The van der Waals surface area contributed by atoms with Crippen molar-refractivity contribution in [3.05, 3.63) is 250 Å². The van der Waals surface area contributed by atoms with Gasteiger partial charge in [-0.15, -0.1) is 0 Å². The molecule has 0 unspecified atom stereocenters. The van der Waals surface area contributed by atoms with E-state index in [-0.39, 0.29) is 0 Å². The Hall–Kier alpha value is -7.82. The molecule has 0 saturated carbocycles. The minimum absolute atomic E-state index is 0.468. The molecular weight excluding hydrogens is 825 g/mol. The summed E-state index contributed by atoms with van der Waals surface area (Å²) in [4.78, 5) is 10.2. The number of fused-ring (bicyclic) bond motifs is 8. The van der Waals surface area contributed by atoms with Gasteiger partial charge < -0.3 is 19.6 Å². The van der Waals surface area contributed by atoms with Crippen molar-refractivity contribution in [1.29, 1.82) is 0 Å². The summed E-state index contributed by atoms with van der Waals surface area (Å²) in [6.45, 7) is 9.07. The van der Waals surface area contributed by atoms with Crippen LogP contribution in [0.2, 0.25) is 0 Å². The van der Waals surface area contributed by atoms with Gasteiger partial charge in [-0.25, -0.2) is 0 Å². The molecule has 0 aliphatic carbocycles. The third-order valence-electron chi connectivity index (χ3n) is 15.0. The number of benzene rings is 9.